The molecule has 1 saturated heterocycles. The molecule has 0 aromatic rings. The van der Waals surface area contributed by atoms with Crippen molar-refractivity contribution in [3.05, 3.63) is 24.3 Å². The Kier molecular flexibility index (Phi) is 31.3. The lowest BCUT2D eigenvalue weighted by atomic mass is 9.99. The van der Waals surface area contributed by atoms with E-state index in [1.807, 2.05) is 0 Å². The molecular weight excluding hydrogens is 664 g/mol. The van der Waals surface area contributed by atoms with Crippen LogP contribution in [0, 0.1) is 0 Å². The van der Waals surface area contributed by atoms with E-state index in [0.717, 1.165) is 64.2 Å². The molecule has 2 unspecified atom stereocenters. The number of aliphatic hydroxyl groups is 4. The summed E-state index contributed by atoms with van der Waals surface area (Å²) in [6.45, 7) is 3.36. The van der Waals surface area contributed by atoms with Crippen LogP contribution < -0.4 is 0 Å². The predicted octanol–water partition coefficient (Wildman–Crippen LogP) is 8.16. The molecule has 0 saturated carbocycles. The van der Waals surface area contributed by atoms with Crippen LogP contribution in [-0.2, 0) is 28.5 Å². The number of carbonyl (C=O) groups is 2. The van der Waals surface area contributed by atoms with Crippen molar-refractivity contribution in [3.8, 4) is 0 Å². The first-order valence-electron chi connectivity index (χ1n) is 20.9. The van der Waals surface area contributed by atoms with Gasteiger partial charge in [0.15, 0.2) is 12.4 Å². The zero-order chi connectivity index (χ0) is 38.1. The second kappa shape index (κ2) is 33.7. The standard InChI is InChI=1S/C42H76O10/c1-3-5-7-9-11-13-15-17-18-19-21-23-25-27-29-31-38(45)51-35(34-50-42-41(48)40(47)39(46)36(32-43)52-42)33-49-37(44)30-28-26-24-22-20-16-14-12-10-8-6-4-2/h12-15,35-36,39-43,46-48H,3-11,16-34H2,1-2H3/b14-12+,15-13+/t35-,36-,39+,40?,41?,42-/m1/s1. The molecule has 1 heterocycles. The van der Waals surface area contributed by atoms with Crippen LogP contribution in [0.25, 0.3) is 0 Å². The van der Waals surface area contributed by atoms with Crippen LogP contribution >= 0.6 is 0 Å². The van der Waals surface area contributed by atoms with E-state index in [1.165, 1.54) is 70.6 Å². The monoisotopic (exact) mass is 741 g/mol. The first kappa shape index (κ1) is 48.2. The highest BCUT2D eigenvalue weighted by atomic mass is 16.7. The number of allylic oxidation sites excluding steroid dienone is 4. The van der Waals surface area contributed by atoms with E-state index in [-0.39, 0.29) is 32.0 Å². The number of ether oxygens (including phenoxy) is 4. The Labute approximate surface area is 315 Å². The molecule has 10 heteroatoms. The largest absolute Gasteiger partial charge is 0.462 e. The van der Waals surface area contributed by atoms with Crippen molar-refractivity contribution in [3.63, 3.8) is 0 Å². The number of aliphatic hydroxyl groups excluding tert-OH is 4. The third-order valence-corrected chi connectivity index (χ3v) is 9.56. The zero-order valence-electron chi connectivity index (χ0n) is 32.8. The normalized spacial score (nSPS) is 21.2. The average Bonchev–Trinajstić information content (AvgIpc) is 3.14. The van der Waals surface area contributed by atoms with Gasteiger partial charge in [-0.25, -0.2) is 0 Å². The lowest BCUT2D eigenvalue weighted by Crippen LogP contribution is -2.59. The van der Waals surface area contributed by atoms with Crippen LogP contribution in [0.1, 0.15) is 174 Å². The molecule has 0 aromatic heterocycles. The van der Waals surface area contributed by atoms with E-state index in [4.69, 9.17) is 18.9 Å². The van der Waals surface area contributed by atoms with Gasteiger partial charge in [0.1, 0.15) is 31.0 Å². The quantitative estimate of drug-likeness (QED) is 0.0289. The molecule has 304 valence electrons. The van der Waals surface area contributed by atoms with E-state index >= 15 is 0 Å². The zero-order valence-corrected chi connectivity index (χ0v) is 32.8. The molecule has 0 spiro atoms. The lowest BCUT2D eigenvalue weighted by molar-refractivity contribution is -0.305. The van der Waals surface area contributed by atoms with Gasteiger partial charge >= 0.3 is 11.9 Å². The van der Waals surface area contributed by atoms with Gasteiger partial charge < -0.3 is 39.4 Å². The van der Waals surface area contributed by atoms with Gasteiger partial charge in [0.2, 0.25) is 0 Å². The Balaban J connectivity index is 2.37. The second-order valence-corrected chi connectivity index (χ2v) is 14.4. The molecule has 1 aliphatic heterocycles. The SMILES string of the molecule is CCCCC/C=C/CCCCCCCC(=O)OC[C@H](CO[C@@H]1O[C@H](CO)[C@H](O)C(O)C1O)OC(=O)CCCCCCCCC/C=C/CCCCCC. The molecule has 10 nitrogen and oxygen atoms in total. The van der Waals surface area contributed by atoms with Gasteiger partial charge in [-0.15, -0.1) is 0 Å². The molecule has 0 amide bonds. The Morgan fingerprint density at radius 2 is 1.02 bits per heavy atom. The Morgan fingerprint density at radius 1 is 0.577 bits per heavy atom. The van der Waals surface area contributed by atoms with E-state index in [9.17, 15) is 30.0 Å². The summed E-state index contributed by atoms with van der Waals surface area (Å²) in [7, 11) is 0. The van der Waals surface area contributed by atoms with Gasteiger partial charge in [0.05, 0.1) is 13.2 Å². The molecule has 0 radical (unpaired) electrons. The third kappa shape index (κ3) is 25.2. The van der Waals surface area contributed by atoms with Crippen LogP contribution in [-0.4, -0.2) is 89.0 Å². The third-order valence-electron chi connectivity index (χ3n) is 9.56. The van der Waals surface area contributed by atoms with Gasteiger partial charge in [-0.2, -0.15) is 0 Å². The molecule has 0 aliphatic carbocycles. The topological polar surface area (TPSA) is 152 Å². The van der Waals surface area contributed by atoms with E-state index in [0.29, 0.717) is 12.8 Å². The molecule has 52 heavy (non-hydrogen) atoms. The lowest BCUT2D eigenvalue weighted by Gasteiger charge is -2.39. The maximum atomic E-state index is 12.7. The van der Waals surface area contributed by atoms with Crippen LogP contribution in [0.3, 0.4) is 0 Å². The fourth-order valence-corrected chi connectivity index (χ4v) is 6.18. The van der Waals surface area contributed by atoms with Crippen molar-refractivity contribution >= 4 is 11.9 Å². The Morgan fingerprint density at radius 3 is 1.54 bits per heavy atom. The number of hydrogen-bond donors (Lipinski definition) is 4. The summed E-state index contributed by atoms with van der Waals surface area (Å²) >= 11 is 0. The summed E-state index contributed by atoms with van der Waals surface area (Å²) in [5.41, 5.74) is 0. The number of carbonyl (C=O) groups excluding carboxylic acids is 2. The minimum Gasteiger partial charge on any atom is -0.462 e. The van der Waals surface area contributed by atoms with Gasteiger partial charge in [0.25, 0.3) is 0 Å². The van der Waals surface area contributed by atoms with E-state index < -0.39 is 49.4 Å². The summed E-state index contributed by atoms with van der Waals surface area (Å²) < 4.78 is 22.1. The summed E-state index contributed by atoms with van der Waals surface area (Å²) in [5, 5.41) is 40.0. The first-order chi connectivity index (χ1) is 25.3. The van der Waals surface area contributed by atoms with Crippen molar-refractivity contribution < 1.29 is 49.0 Å². The molecule has 1 rings (SSSR count). The van der Waals surface area contributed by atoms with Crippen molar-refractivity contribution in [2.75, 3.05) is 19.8 Å². The molecule has 0 bridgehead atoms. The smallest absolute Gasteiger partial charge is 0.306 e. The van der Waals surface area contributed by atoms with Crippen molar-refractivity contribution in [2.24, 2.45) is 0 Å². The number of esters is 2. The number of unbranched alkanes of at least 4 members (excludes halogenated alkanes) is 19. The van der Waals surface area contributed by atoms with Gasteiger partial charge in [-0.1, -0.05) is 122 Å². The van der Waals surface area contributed by atoms with Gasteiger partial charge in [-0.05, 0) is 64.2 Å². The maximum Gasteiger partial charge on any atom is 0.306 e. The first-order valence-corrected chi connectivity index (χ1v) is 20.9. The van der Waals surface area contributed by atoms with Crippen molar-refractivity contribution in [1.82, 2.24) is 0 Å². The average molecular weight is 741 g/mol. The minimum atomic E-state index is -1.59. The summed E-state index contributed by atoms with van der Waals surface area (Å²) in [4.78, 5) is 25.2. The fourth-order valence-electron chi connectivity index (χ4n) is 6.18. The minimum absolute atomic E-state index is 0.222. The summed E-state index contributed by atoms with van der Waals surface area (Å²) in [6, 6.07) is 0. The molecular formula is C42H76O10. The van der Waals surface area contributed by atoms with Crippen molar-refractivity contribution in [2.45, 2.75) is 211 Å². The number of rotatable bonds is 34. The van der Waals surface area contributed by atoms with Crippen LogP contribution in [0.4, 0.5) is 0 Å². The summed E-state index contributed by atoms with van der Waals surface area (Å²) in [5.74, 6) is -0.821. The molecule has 6 atom stereocenters. The molecule has 0 aromatic carbocycles. The Bertz CT molecular complexity index is 907. The van der Waals surface area contributed by atoms with Gasteiger partial charge in [0, 0.05) is 12.8 Å². The van der Waals surface area contributed by atoms with Crippen LogP contribution in [0.5, 0.6) is 0 Å². The molecule has 4 N–H and O–H groups in total. The molecule has 1 aliphatic rings. The van der Waals surface area contributed by atoms with Crippen LogP contribution in [0.15, 0.2) is 24.3 Å². The Hall–Kier alpha value is -1.82. The van der Waals surface area contributed by atoms with Gasteiger partial charge in [-0.3, -0.25) is 9.59 Å². The fraction of sp³-hybridized carbons (Fsp3) is 0.857. The van der Waals surface area contributed by atoms with E-state index in [2.05, 4.69) is 38.2 Å². The maximum absolute atomic E-state index is 12.7. The predicted molar refractivity (Wildman–Crippen MR) is 206 cm³/mol. The highest BCUT2D eigenvalue weighted by Gasteiger charge is 2.44. The molecule has 1 fully saturated rings. The second-order valence-electron chi connectivity index (χ2n) is 14.4. The summed E-state index contributed by atoms with van der Waals surface area (Å²) in [6.07, 6.45) is 27.5. The number of hydrogen-bond acceptors (Lipinski definition) is 10. The van der Waals surface area contributed by atoms with E-state index in [1.54, 1.807) is 0 Å². The highest BCUT2D eigenvalue weighted by molar-refractivity contribution is 5.70. The highest BCUT2D eigenvalue weighted by Crippen LogP contribution is 2.22. The van der Waals surface area contributed by atoms with Crippen molar-refractivity contribution in [1.29, 1.82) is 0 Å². The van der Waals surface area contributed by atoms with Crippen LogP contribution in [0.2, 0.25) is 0 Å².